The van der Waals surface area contributed by atoms with Gasteiger partial charge in [-0.3, -0.25) is 14.4 Å². The molecule has 3 aliphatic rings. The molecule has 1 aromatic carbocycles. The molecule has 1 aromatic rings. The fourth-order valence-corrected chi connectivity index (χ4v) is 5.42. The molecule has 6 heteroatoms. The number of rotatable bonds is 3. The summed E-state index contributed by atoms with van der Waals surface area (Å²) in [6.07, 6.45) is 0.769. The highest BCUT2D eigenvalue weighted by Crippen LogP contribution is 2.60. The van der Waals surface area contributed by atoms with Crippen LogP contribution in [0.5, 0.6) is 0 Å². The van der Waals surface area contributed by atoms with Gasteiger partial charge >= 0.3 is 5.97 Å². The molecule has 1 saturated heterocycles. The Balaban J connectivity index is 1.57. The van der Waals surface area contributed by atoms with Gasteiger partial charge in [-0.05, 0) is 31.4 Å². The van der Waals surface area contributed by atoms with Crippen molar-refractivity contribution in [1.82, 2.24) is 0 Å². The van der Waals surface area contributed by atoms with Crippen molar-refractivity contribution in [3.05, 3.63) is 29.8 Å². The highest BCUT2D eigenvalue weighted by molar-refractivity contribution is 9.09. The number of hydrogen-bond acceptors (Lipinski definition) is 4. The van der Waals surface area contributed by atoms with E-state index in [4.69, 9.17) is 4.74 Å². The van der Waals surface area contributed by atoms with Crippen LogP contribution in [0, 0.1) is 23.7 Å². The molecular weight excluding hydrogens is 362 g/mol. The SMILES string of the molecule is CC(=O)c1cccc(NC(=O)[C@@H]2[C@H]3C[C@H]4[C@H](OC(=O)[C@@H]42)[C@H]3Br)c1. The summed E-state index contributed by atoms with van der Waals surface area (Å²) in [6.45, 7) is 1.49. The minimum Gasteiger partial charge on any atom is -0.461 e. The van der Waals surface area contributed by atoms with Crippen LogP contribution < -0.4 is 5.32 Å². The van der Waals surface area contributed by atoms with Crippen molar-refractivity contribution in [2.45, 2.75) is 24.3 Å². The molecule has 5 nitrogen and oxygen atoms in total. The first-order chi connectivity index (χ1) is 11.0. The number of fused-ring (bicyclic) bond motifs is 1. The number of carbonyl (C=O) groups excluding carboxylic acids is 3. The molecule has 23 heavy (non-hydrogen) atoms. The van der Waals surface area contributed by atoms with Crippen LogP contribution in [-0.4, -0.2) is 28.6 Å². The van der Waals surface area contributed by atoms with E-state index < -0.39 is 0 Å². The Labute approximate surface area is 141 Å². The maximum atomic E-state index is 12.7. The van der Waals surface area contributed by atoms with E-state index in [9.17, 15) is 14.4 Å². The molecule has 2 saturated carbocycles. The average molecular weight is 378 g/mol. The van der Waals surface area contributed by atoms with Crippen molar-refractivity contribution in [1.29, 1.82) is 0 Å². The van der Waals surface area contributed by atoms with Crippen LogP contribution >= 0.6 is 15.9 Å². The molecule has 1 heterocycles. The second-order valence-electron chi connectivity index (χ2n) is 6.59. The standard InChI is InChI=1S/C17H16BrNO4/c1-7(20)8-3-2-4-9(5-8)19-16(21)12-10-6-11-13(12)17(22)23-15(11)14(10)18/h2-5,10-15H,6H2,1H3,(H,19,21)/t10-,11-,12-,13+,14+,15+/m1/s1. The van der Waals surface area contributed by atoms with Crippen LogP contribution in [0.2, 0.25) is 0 Å². The topological polar surface area (TPSA) is 72.5 Å². The largest absolute Gasteiger partial charge is 0.461 e. The van der Waals surface area contributed by atoms with E-state index in [1.165, 1.54) is 6.92 Å². The second-order valence-corrected chi connectivity index (χ2v) is 7.64. The lowest BCUT2D eigenvalue weighted by Crippen LogP contribution is -2.40. The van der Waals surface area contributed by atoms with Crippen LogP contribution in [0.1, 0.15) is 23.7 Å². The molecule has 6 atom stereocenters. The van der Waals surface area contributed by atoms with Gasteiger partial charge in [-0.25, -0.2) is 0 Å². The summed E-state index contributed by atoms with van der Waals surface area (Å²) < 4.78 is 5.42. The van der Waals surface area contributed by atoms with Gasteiger partial charge in [-0.2, -0.15) is 0 Å². The van der Waals surface area contributed by atoms with Gasteiger partial charge in [0.05, 0.1) is 16.7 Å². The van der Waals surface area contributed by atoms with Crippen molar-refractivity contribution in [3.63, 3.8) is 0 Å². The molecule has 0 unspecified atom stereocenters. The Morgan fingerprint density at radius 2 is 2.09 bits per heavy atom. The highest BCUT2D eigenvalue weighted by atomic mass is 79.9. The zero-order valence-electron chi connectivity index (χ0n) is 12.5. The van der Waals surface area contributed by atoms with Crippen molar-refractivity contribution < 1.29 is 19.1 Å². The molecule has 1 aliphatic heterocycles. The molecular formula is C17H16BrNO4. The van der Waals surface area contributed by atoms with E-state index in [-0.39, 0.29) is 52.3 Å². The number of ketones is 1. The third-order valence-electron chi connectivity index (χ3n) is 5.36. The van der Waals surface area contributed by atoms with E-state index in [1.54, 1.807) is 24.3 Å². The van der Waals surface area contributed by atoms with Gasteiger partial charge in [0.2, 0.25) is 5.91 Å². The van der Waals surface area contributed by atoms with Crippen LogP contribution in [-0.2, 0) is 14.3 Å². The average Bonchev–Trinajstić information content (AvgIpc) is 3.11. The predicted molar refractivity (Wildman–Crippen MR) is 86.2 cm³/mol. The lowest BCUT2D eigenvalue weighted by Gasteiger charge is -2.27. The van der Waals surface area contributed by atoms with Gasteiger partial charge in [-0.15, -0.1) is 0 Å². The Morgan fingerprint density at radius 1 is 1.30 bits per heavy atom. The normalized spacial score (nSPS) is 36.9. The molecule has 120 valence electrons. The van der Waals surface area contributed by atoms with Crippen LogP contribution in [0.15, 0.2) is 24.3 Å². The minimum atomic E-state index is -0.364. The van der Waals surface area contributed by atoms with Crippen LogP contribution in [0.25, 0.3) is 0 Å². The fourth-order valence-electron chi connectivity index (χ4n) is 4.37. The predicted octanol–water partition coefficient (Wildman–Crippen LogP) is 2.40. The van der Waals surface area contributed by atoms with Crippen molar-refractivity contribution in [2.24, 2.45) is 23.7 Å². The van der Waals surface area contributed by atoms with Crippen LogP contribution in [0.3, 0.4) is 0 Å². The zero-order chi connectivity index (χ0) is 16.3. The van der Waals surface area contributed by atoms with Gasteiger partial charge in [0.1, 0.15) is 6.10 Å². The van der Waals surface area contributed by atoms with Crippen molar-refractivity contribution in [3.8, 4) is 0 Å². The molecule has 2 bridgehead atoms. The lowest BCUT2D eigenvalue weighted by atomic mass is 9.79. The highest BCUT2D eigenvalue weighted by Gasteiger charge is 2.67. The fraction of sp³-hybridized carbons (Fsp3) is 0.471. The number of esters is 1. The third kappa shape index (κ3) is 2.15. The number of benzene rings is 1. The maximum Gasteiger partial charge on any atom is 0.310 e. The lowest BCUT2D eigenvalue weighted by molar-refractivity contribution is -0.145. The van der Waals surface area contributed by atoms with Gasteiger partial charge in [0.25, 0.3) is 0 Å². The summed E-state index contributed by atoms with van der Waals surface area (Å²) in [4.78, 5) is 36.3. The number of Topliss-reactive ketones (excluding diaryl/α,β-unsaturated/α-hetero) is 1. The van der Waals surface area contributed by atoms with Gasteiger partial charge in [0, 0.05) is 17.2 Å². The van der Waals surface area contributed by atoms with Crippen molar-refractivity contribution in [2.75, 3.05) is 5.32 Å². The van der Waals surface area contributed by atoms with E-state index in [0.717, 1.165) is 6.42 Å². The number of ether oxygens (including phenoxy) is 1. The van der Waals surface area contributed by atoms with Crippen LogP contribution in [0.4, 0.5) is 5.69 Å². The monoisotopic (exact) mass is 377 g/mol. The number of amides is 1. The summed E-state index contributed by atoms with van der Waals surface area (Å²) >= 11 is 3.60. The van der Waals surface area contributed by atoms with Crippen molar-refractivity contribution >= 4 is 39.3 Å². The first-order valence-electron chi connectivity index (χ1n) is 7.74. The molecule has 4 rings (SSSR count). The van der Waals surface area contributed by atoms with E-state index >= 15 is 0 Å². The van der Waals surface area contributed by atoms with E-state index in [1.807, 2.05) is 0 Å². The number of hydrogen-bond donors (Lipinski definition) is 1. The molecule has 0 spiro atoms. The van der Waals surface area contributed by atoms with Gasteiger partial charge in [0.15, 0.2) is 5.78 Å². The molecule has 3 fully saturated rings. The van der Waals surface area contributed by atoms with E-state index in [2.05, 4.69) is 21.2 Å². The number of halogens is 1. The Morgan fingerprint density at radius 3 is 2.83 bits per heavy atom. The summed E-state index contributed by atoms with van der Waals surface area (Å²) in [5, 5.41) is 2.87. The molecule has 0 aromatic heterocycles. The Kier molecular flexibility index (Phi) is 3.34. The molecule has 1 amide bonds. The molecule has 0 radical (unpaired) electrons. The Hall–Kier alpha value is -1.69. The zero-order valence-corrected chi connectivity index (χ0v) is 14.1. The molecule has 2 aliphatic carbocycles. The first kappa shape index (κ1) is 14.9. The van der Waals surface area contributed by atoms with Gasteiger partial charge < -0.3 is 10.1 Å². The number of alkyl halides is 1. The quantitative estimate of drug-likeness (QED) is 0.498. The summed E-state index contributed by atoms with van der Waals surface area (Å²) in [7, 11) is 0. The smallest absolute Gasteiger partial charge is 0.310 e. The Bertz CT molecular complexity index is 718. The third-order valence-corrected chi connectivity index (χ3v) is 6.56. The first-order valence-corrected chi connectivity index (χ1v) is 8.65. The summed E-state index contributed by atoms with van der Waals surface area (Å²) in [6, 6.07) is 6.86. The summed E-state index contributed by atoms with van der Waals surface area (Å²) in [5.74, 6) is -0.879. The summed E-state index contributed by atoms with van der Waals surface area (Å²) in [5.41, 5.74) is 1.13. The minimum absolute atomic E-state index is 0.0505. The maximum absolute atomic E-state index is 12.7. The van der Waals surface area contributed by atoms with Gasteiger partial charge in [-0.1, -0.05) is 28.1 Å². The molecule has 1 N–H and O–H groups in total. The second kappa shape index (κ2) is 5.16. The van der Waals surface area contributed by atoms with E-state index in [0.29, 0.717) is 11.3 Å². The number of anilines is 1. The number of carbonyl (C=O) groups is 3. The number of nitrogens with one attached hydrogen (secondary N) is 1.